The minimum atomic E-state index is -0.311. The molecule has 0 spiro atoms. The molecule has 0 radical (unpaired) electrons. The molecule has 0 heterocycles. The minimum absolute atomic E-state index is 0.163. The molecule has 0 saturated carbocycles. The summed E-state index contributed by atoms with van der Waals surface area (Å²) in [6, 6.07) is 0. The van der Waals surface area contributed by atoms with Crippen LogP contribution in [0.15, 0.2) is 36.4 Å². The monoisotopic (exact) mass is 209 g/mol. The smallest absolute Gasteiger partial charge is 0.272 e. The lowest BCUT2D eigenvalue weighted by molar-refractivity contribution is -0.116. The number of unbranched alkanes of at least 4 members (excludes halogenated alkanes) is 1. The second kappa shape index (κ2) is 7.67. The fourth-order valence-corrected chi connectivity index (χ4v) is 0.864. The second-order valence-corrected chi connectivity index (χ2v) is 3.05. The van der Waals surface area contributed by atoms with E-state index >= 15 is 0 Å². The number of amides is 1. The summed E-state index contributed by atoms with van der Waals surface area (Å²) in [5.41, 5.74) is 6.34. The van der Waals surface area contributed by atoms with Crippen LogP contribution in [-0.2, 0) is 4.79 Å². The zero-order chi connectivity index (χ0) is 11.7. The highest BCUT2D eigenvalue weighted by atomic mass is 16.1. The van der Waals surface area contributed by atoms with Crippen LogP contribution in [0.25, 0.3) is 0 Å². The lowest BCUT2D eigenvalue weighted by atomic mass is 10.3. The number of carbonyl (C=O) groups is 1. The third-order valence-corrected chi connectivity index (χ3v) is 1.75. The molecule has 0 fully saturated rings. The molecule has 0 aromatic carbocycles. The largest absolute Gasteiger partial charge is 0.393 e. The standard InChI is InChI=1S/C11H19N3O/c1-4-6-7-8-14-11(15)10(12)9(3)13-5-2/h5,7-8,13H,2,4,6,12H2,1,3H3,(H,14,15)/b8-7+,10-9-. The van der Waals surface area contributed by atoms with Crippen molar-refractivity contribution in [3.05, 3.63) is 36.4 Å². The molecule has 0 aromatic heterocycles. The van der Waals surface area contributed by atoms with Crippen LogP contribution in [0.5, 0.6) is 0 Å². The van der Waals surface area contributed by atoms with Gasteiger partial charge in [0, 0.05) is 11.9 Å². The zero-order valence-corrected chi connectivity index (χ0v) is 9.34. The van der Waals surface area contributed by atoms with Crippen LogP contribution in [-0.4, -0.2) is 5.91 Å². The van der Waals surface area contributed by atoms with E-state index in [1.165, 1.54) is 6.20 Å². The number of hydrogen-bond acceptors (Lipinski definition) is 3. The first-order valence-corrected chi connectivity index (χ1v) is 4.93. The quantitative estimate of drug-likeness (QED) is 0.578. The Hall–Kier alpha value is -1.71. The van der Waals surface area contributed by atoms with Crippen molar-refractivity contribution in [2.24, 2.45) is 5.73 Å². The van der Waals surface area contributed by atoms with Crippen molar-refractivity contribution in [2.75, 3.05) is 0 Å². The fraction of sp³-hybridized carbons (Fsp3) is 0.364. The molecule has 0 aliphatic heterocycles. The van der Waals surface area contributed by atoms with Gasteiger partial charge >= 0.3 is 0 Å². The number of allylic oxidation sites excluding steroid dienone is 2. The van der Waals surface area contributed by atoms with Crippen LogP contribution < -0.4 is 16.4 Å². The van der Waals surface area contributed by atoms with Gasteiger partial charge in [-0.05, 0) is 19.5 Å². The third kappa shape index (κ3) is 5.57. The van der Waals surface area contributed by atoms with E-state index in [1.54, 1.807) is 13.1 Å². The first-order valence-electron chi connectivity index (χ1n) is 4.93. The Bertz CT molecular complexity index is 280. The van der Waals surface area contributed by atoms with Crippen molar-refractivity contribution in [2.45, 2.75) is 26.7 Å². The number of nitrogens with two attached hydrogens (primary N) is 1. The average molecular weight is 209 g/mol. The van der Waals surface area contributed by atoms with Crippen molar-refractivity contribution < 1.29 is 4.79 Å². The molecule has 0 atom stereocenters. The summed E-state index contributed by atoms with van der Waals surface area (Å²) in [6.45, 7) is 7.27. The summed E-state index contributed by atoms with van der Waals surface area (Å²) in [6.07, 6.45) is 6.96. The van der Waals surface area contributed by atoms with Crippen LogP contribution in [0, 0.1) is 0 Å². The molecule has 0 rings (SSSR count). The third-order valence-electron chi connectivity index (χ3n) is 1.75. The van der Waals surface area contributed by atoms with E-state index < -0.39 is 0 Å². The number of hydrogen-bond donors (Lipinski definition) is 3. The highest BCUT2D eigenvalue weighted by Crippen LogP contribution is 1.94. The molecule has 84 valence electrons. The van der Waals surface area contributed by atoms with Crippen LogP contribution in [0.3, 0.4) is 0 Å². The van der Waals surface area contributed by atoms with Crippen LogP contribution in [0.4, 0.5) is 0 Å². The predicted octanol–water partition coefficient (Wildman–Crippen LogP) is 1.34. The van der Waals surface area contributed by atoms with Crippen LogP contribution in [0.2, 0.25) is 0 Å². The highest BCUT2D eigenvalue weighted by molar-refractivity contribution is 5.93. The van der Waals surface area contributed by atoms with E-state index in [0.717, 1.165) is 12.8 Å². The molecule has 0 saturated heterocycles. The molecule has 1 amide bonds. The lowest BCUT2D eigenvalue weighted by Gasteiger charge is -2.05. The van der Waals surface area contributed by atoms with Gasteiger partial charge in [0.15, 0.2) is 0 Å². The van der Waals surface area contributed by atoms with Crippen LogP contribution >= 0.6 is 0 Å². The number of rotatable bonds is 6. The zero-order valence-electron chi connectivity index (χ0n) is 9.34. The number of carbonyl (C=O) groups excluding carboxylic acids is 1. The Morgan fingerprint density at radius 3 is 2.67 bits per heavy atom. The molecule has 4 nitrogen and oxygen atoms in total. The summed E-state index contributed by atoms with van der Waals surface area (Å²) in [4.78, 5) is 11.4. The Kier molecular flexibility index (Phi) is 6.80. The van der Waals surface area contributed by atoms with Gasteiger partial charge < -0.3 is 16.4 Å². The van der Waals surface area contributed by atoms with E-state index in [2.05, 4.69) is 24.1 Å². The first kappa shape index (κ1) is 13.3. The van der Waals surface area contributed by atoms with E-state index in [0.29, 0.717) is 5.70 Å². The molecular weight excluding hydrogens is 190 g/mol. The van der Waals surface area contributed by atoms with E-state index in [-0.39, 0.29) is 11.6 Å². The van der Waals surface area contributed by atoms with E-state index in [4.69, 9.17) is 5.73 Å². The molecule has 0 unspecified atom stereocenters. The fourth-order valence-electron chi connectivity index (χ4n) is 0.864. The molecule has 4 N–H and O–H groups in total. The molecule has 0 aliphatic rings. The number of nitrogens with one attached hydrogen (secondary N) is 2. The van der Waals surface area contributed by atoms with Gasteiger partial charge in [-0.25, -0.2) is 0 Å². The highest BCUT2D eigenvalue weighted by Gasteiger charge is 2.05. The second-order valence-electron chi connectivity index (χ2n) is 3.05. The summed E-state index contributed by atoms with van der Waals surface area (Å²) in [5, 5.41) is 5.34. The van der Waals surface area contributed by atoms with Gasteiger partial charge in [0.05, 0.1) is 0 Å². The predicted molar refractivity (Wildman–Crippen MR) is 62.4 cm³/mol. The van der Waals surface area contributed by atoms with Gasteiger partial charge in [-0.15, -0.1) is 0 Å². The summed E-state index contributed by atoms with van der Waals surface area (Å²) in [5.74, 6) is -0.311. The van der Waals surface area contributed by atoms with Gasteiger partial charge in [0.25, 0.3) is 5.91 Å². The Labute approximate surface area is 90.9 Å². The van der Waals surface area contributed by atoms with Crippen molar-refractivity contribution in [1.82, 2.24) is 10.6 Å². The summed E-state index contributed by atoms with van der Waals surface area (Å²) < 4.78 is 0. The van der Waals surface area contributed by atoms with Gasteiger partial charge in [-0.2, -0.15) is 0 Å². The Balaban J connectivity index is 4.20. The normalized spacial score (nSPS) is 12.1. The molecular formula is C11H19N3O. The van der Waals surface area contributed by atoms with Crippen LogP contribution in [0.1, 0.15) is 26.7 Å². The van der Waals surface area contributed by atoms with Crippen molar-refractivity contribution in [1.29, 1.82) is 0 Å². The maximum atomic E-state index is 11.4. The average Bonchev–Trinajstić information content (AvgIpc) is 2.23. The molecule has 15 heavy (non-hydrogen) atoms. The lowest BCUT2D eigenvalue weighted by Crippen LogP contribution is -2.27. The van der Waals surface area contributed by atoms with Gasteiger partial charge in [-0.3, -0.25) is 4.79 Å². The van der Waals surface area contributed by atoms with Crippen molar-refractivity contribution in [3.63, 3.8) is 0 Å². The molecule has 4 heteroatoms. The van der Waals surface area contributed by atoms with Crippen molar-refractivity contribution >= 4 is 5.91 Å². The first-order chi connectivity index (χ1) is 7.13. The SMILES string of the molecule is C=CN/C(C)=C(\N)C(=O)N/C=C/CCC. The topological polar surface area (TPSA) is 67.1 Å². The van der Waals surface area contributed by atoms with Gasteiger partial charge in [0.2, 0.25) is 0 Å². The Morgan fingerprint density at radius 2 is 2.13 bits per heavy atom. The minimum Gasteiger partial charge on any atom is -0.393 e. The maximum Gasteiger partial charge on any atom is 0.272 e. The summed E-state index contributed by atoms with van der Waals surface area (Å²) in [7, 11) is 0. The maximum absolute atomic E-state index is 11.4. The Morgan fingerprint density at radius 1 is 1.47 bits per heavy atom. The van der Waals surface area contributed by atoms with Gasteiger partial charge in [-0.1, -0.05) is 26.0 Å². The molecule has 0 aromatic rings. The van der Waals surface area contributed by atoms with E-state index in [9.17, 15) is 4.79 Å². The van der Waals surface area contributed by atoms with Crippen molar-refractivity contribution in [3.8, 4) is 0 Å². The summed E-state index contributed by atoms with van der Waals surface area (Å²) >= 11 is 0. The molecule has 0 aliphatic carbocycles. The van der Waals surface area contributed by atoms with Gasteiger partial charge in [0.1, 0.15) is 5.70 Å². The molecule has 0 bridgehead atoms. The van der Waals surface area contributed by atoms with E-state index in [1.807, 2.05) is 6.08 Å².